The van der Waals surface area contributed by atoms with Crippen LogP contribution in [0.5, 0.6) is 0 Å². The highest BCUT2D eigenvalue weighted by molar-refractivity contribution is 9.10. The number of nitrogens with one attached hydrogen (secondary N) is 1. The maximum Gasteiger partial charge on any atom is 0.126 e. The third-order valence-electron chi connectivity index (χ3n) is 3.08. The lowest BCUT2D eigenvalue weighted by atomic mass is 10.1. The van der Waals surface area contributed by atoms with E-state index in [0.29, 0.717) is 5.56 Å². The number of benzene rings is 1. The summed E-state index contributed by atoms with van der Waals surface area (Å²) in [6, 6.07) is 9.15. The first kappa shape index (κ1) is 14.0. The van der Waals surface area contributed by atoms with Gasteiger partial charge in [-0.2, -0.15) is 0 Å². The van der Waals surface area contributed by atoms with Crippen LogP contribution in [0.25, 0.3) is 0 Å². The van der Waals surface area contributed by atoms with Gasteiger partial charge in [0.25, 0.3) is 0 Å². The molecule has 0 fully saturated rings. The number of aromatic nitrogens is 1. The van der Waals surface area contributed by atoms with Crippen LogP contribution in [-0.4, -0.2) is 4.98 Å². The summed E-state index contributed by atoms with van der Waals surface area (Å²) in [5.74, 6) is 0.611. The molecular formula is C15H16BrFN2. The third kappa shape index (κ3) is 3.32. The average Bonchev–Trinajstić information content (AvgIpc) is 2.37. The van der Waals surface area contributed by atoms with Gasteiger partial charge in [0.2, 0.25) is 0 Å². The summed E-state index contributed by atoms with van der Waals surface area (Å²) in [5.41, 5.74) is 2.49. The van der Waals surface area contributed by atoms with Crippen molar-refractivity contribution in [3.05, 3.63) is 57.4 Å². The van der Waals surface area contributed by atoms with Gasteiger partial charge in [0.05, 0.1) is 11.7 Å². The molecule has 0 saturated carbocycles. The number of nitrogens with zero attached hydrogens (tertiary/aromatic N) is 1. The molecular weight excluding hydrogens is 307 g/mol. The summed E-state index contributed by atoms with van der Waals surface area (Å²) in [5, 5.41) is 3.27. The van der Waals surface area contributed by atoms with Gasteiger partial charge in [-0.15, -0.1) is 0 Å². The number of hydrogen-bond acceptors (Lipinski definition) is 2. The van der Waals surface area contributed by atoms with Gasteiger partial charge in [0, 0.05) is 4.47 Å². The summed E-state index contributed by atoms with van der Waals surface area (Å²) >= 11 is 3.42. The van der Waals surface area contributed by atoms with Crippen LogP contribution >= 0.6 is 15.9 Å². The first-order chi connectivity index (χ1) is 8.97. The zero-order valence-electron chi connectivity index (χ0n) is 11.2. The zero-order valence-corrected chi connectivity index (χ0v) is 12.8. The number of hydrogen-bond donors (Lipinski definition) is 1. The van der Waals surface area contributed by atoms with Gasteiger partial charge in [-0.1, -0.05) is 12.1 Å². The number of rotatable bonds is 3. The molecule has 2 nitrogen and oxygen atoms in total. The molecule has 0 radical (unpaired) electrons. The van der Waals surface area contributed by atoms with Gasteiger partial charge in [-0.3, -0.25) is 0 Å². The van der Waals surface area contributed by atoms with Crippen molar-refractivity contribution in [2.24, 2.45) is 0 Å². The molecule has 2 rings (SSSR count). The minimum Gasteiger partial charge on any atom is -0.364 e. The molecule has 1 N–H and O–H groups in total. The molecule has 1 atom stereocenters. The molecule has 1 heterocycles. The van der Waals surface area contributed by atoms with Crippen molar-refractivity contribution in [3.8, 4) is 0 Å². The normalized spacial score (nSPS) is 12.3. The number of pyridine rings is 1. The minimum absolute atomic E-state index is 0.00294. The largest absolute Gasteiger partial charge is 0.364 e. The number of aryl methyl sites for hydroxylation is 2. The second-order valence-electron chi connectivity index (χ2n) is 4.64. The molecule has 0 saturated heterocycles. The molecule has 4 heteroatoms. The average molecular weight is 323 g/mol. The predicted octanol–water partition coefficient (Wildman–Crippen LogP) is 4.77. The van der Waals surface area contributed by atoms with E-state index >= 15 is 0 Å². The van der Waals surface area contributed by atoms with Crippen LogP contribution in [-0.2, 0) is 0 Å². The SMILES string of the molecule is Cc1ccc(C(C)Nc2ccc(Br)c(C)n2)cc1F. The van der Waals surface area contributed by atoms with E-state index in [1.54, 1.807) is 19.1 Å². The number of anilines is 1. The first-order valence-corrected chi connectivity index (χ1v) is 6.92. The lowest BCUT2D eigenvalue weighted by Crippen LogP contribution is -2.08. The highest BCUT2D eigenvalue weighted by Gasteiger charge is 2.09. The number of halogens is 2. The molecule has 100 valence electrons. The molecule has 1 unspecified atom stereocenters. The highest BCUT2D eigenvalue weighted by atomic mass is 79.9. The fourth-order valence-electron chi connectivity index (χ4n) is 1.81. The summed E-state index contributed by atoms with van der Waals surface area (Å²) in [6.45, 7) is 5.69. The van der Waals surface area contributed by atoms with E-state index < -0.39 is 0 Å². The summed E-state index contributed by atoms with van der Waals surface area (Å²) in [6.07, 6.45) is 0. The van der Waals surface area contributed by atoms with E-state index in [-0.39, 0.29) is 11.9 Å². The summed E-state index contributed by atoms with van der Waals surface area (Å²) in [4.78, 5) is 4.43. The molecule has 0 amide bonds. The molecule has 1 aromatic heterocycles. The van der Waals surface area contributed by atoms with Crippen molar-refractivity contribution >= 4 is 21.7 Å². The Hall–Kier alpha value is -1.42. The topological polar surface area (TPSA) is 24.9 Å². The van der Waals surface area contributed by atoms with Crippen molar-refractivity contribution in [1.82, 2.24) is 4.98 Å². The van der Waals surface area contributed by atoms with Crippen LogP contribution in [0.2, 0.25) is 0 Å². The Morgan fingerprint density at radius 2 is 1.95 bits per heavy atom. The fourth-order valence-corrected chi connectivity index (χ4v) is 2.03. The van der Waals surface area contributed by atoms with Crippen molar-refractivity contribution in [1.29, 1.82) is 0 Å². The van der Waals surface area contributed by atoms with Gasteiger partial charge in [-0.25, -0.2) is 9.37 Å². The van der Waals surface area contributed by atoms with Crippen molar-refractivity contribution in [2.45, 2.75) is 26.8 Å². The van der Waals surface area contributed by atoms with Crippen molar-refractivity contribution in [2.75, 3.05) is 5.32 Å². The van der Waals surface area contributed by atoms with Crippen LogP contribution in [0.3, 0.4) is 0 Å². The zero-order chi connectivity index (χ0) is 14.0. The van der Waals surface area contributed by atoms with E-state index in [4.69, 9.17) is 0 Å². The lowest BCUT2D eigenvalue weighted by molar-refractivity contribution is 0.614. The van der Waals surface area contributed by atoms with E-state index in [2.05, 4.69) is 26.2 Å². The monoisotopic (exact) mass is 322 g/mol. The van der Waals surface area contributed by atoms with E-state index in [1.807, 2.05) is 32.0 Å². The Morgan fingerprint density at radius 1 is 1.21 bits per heavy atom. The van der Waals surface area contributed by atoms with Crippen molar-refractivity contribution < 1.29 is 4.39 Å². The minimum atomic E-state index is -0.175. The molecule has 0 aliphatic heterocycles. The van der Waals surface area contributed by atoms with Crippen LogP contribution in [0.1, 0.15) is 29.8 Å². The second kappa shape index (κ2) is 5.70. The van der Waals surface area contributed by atoms with Gasteiger partial charge in [0.15, 0.2) is 0 Å². The molecule has 0 spiro atoms. The Balaban J connectivity index is 2.17. The fraction of sp³-hybridized carbons (Fsp3) is 0.267. The first-order valence-electron chi connectivity index (χ1n) is 6.13. The molecule has 0 bridgehead atoms. The van der Waals surface area contributed by atoms with E-state index in [9.17, 15) is 4.39 Å². The Labute approximate surface area is 121 Å². The van der Waals surface area contributed by atoms with Crippen LogP contribution in [0.15, 0.2) is 34.8 Å². The summed E-state index contributed by atoms with van der Waals surface area (Å²) in [7, 11) is 0. The van der Waals surface area contributed by atoms with Gasteiger partial charge in [0.1, 0.15) is 11.6 Å². The van der Waals surface area contributed by atoms with Gasteiger partial charge < -0.3 is 5.32 Å². The summed E-state index contributed by atoms with van der Waals surface area (Å²) < 4.78 is 14.5. The molecule has 0 aliphatic carbocycles. The Kier molecular flexibility index (Phi) is 4.20. The molecule has 19 heavy (non-hydrogen) atoms. The quantitative estimate of drug-likeness (QED) is 0.880. The van der Waals surface area contributed by atoms with Gasteiger partial charge >= 0.3 is 0 Å². The smallest absolute Gasteiger partial charge is 0.126 e. The Bertz CT molecular complexity index is 599. The molecule has 1 aromatic carbocycles. The lowest BCUT2D eigenvalue weighted by Gasteiger charge is -2.16. The molecule has 0 aliphatic rings. The standard InChI is InChI=1S/C15H16BrFN2/c1-9-4-5-12(8-14(9)17)10(2)18-15-7-6-13(16)11(3)19-15/h4-8,10H,1-3H3,(H,18,19). The van der Waals surface area contributed by atoms with Gasteiger partial charge in [-0.05, 0) is 66.0 Å². The van der Waals surface area contributed by atoms with E-state index in [1.165, 1.54) is 0 Å². The van der Waals surface area contributed by atoms with Crippen LogP contribution in [0.4, 0.5) is 10.2 Å². The molecule has 2 aromatic rings. The van der Waals surface area contributed by atoms with Crippen molar-refractivity contribution in [3.63, 3.8) is 0 Å². The highest BCUT2D eigenvalue weighted by Crippen LogP contribution is 2.22. The van der Waals surface area contributed by atoms with E-state index in [0.717, 1.165) is 21.5 Å². The van der Waals surface area contributed by atoms with Crippen LogP contribution < -0.4 is 5.32 Å². The third-order valence-corrected chi connectivity index (χ3v) is 3.92. The predicted molar refractivity (Wildman–Crippen MR) is 79.8 cm³/mol. The van der Waals surface area contributed by atoms with Crippen LogP contribution in [0, 0.1) is 19.7 Å². The maximum atomic E-state index is 13.5. The second-order valence-corrected chi connectivity index (χ2v) is 5.49. The Morgan fingerprint density at radius 3 is 2.58 bits per heavy atom. The maximum absolute atomic E-state index is 13.5.